The smallest absolute Gasteiger partial charge is 0.119 e. The fraction of sp³-hybridized carbons (Fsp3) is 0.667. The minimum absolute atomic E-state index is 0.245. The Kier molecular flexibility index (Phi) is 9.11. The van der Waals surface area contributed by atoms with Gasteiger partial charge < -0.3 is 14.8 Å². The Morgan fingerprint density at radius 3 is 2.33 bits per heavy atom. The van der Waals surface area contributed by atoms with Gasteiger partial charge in [0.2, 0.25) is 0 Å². The first-order valence-electron chi connectivity index (χ1n) is 8.28. The second kappa shape index (κ2) is 10.6. The Balaban J connectivity index is 2.58. The summed E-state index contributed by atoms with van der Waals surface area (Å²) in [6, 6.07) is 8.60. The van der Waals surface area contributed by atoms with Crippen molar-refractivity contribution in [3.63, 3.8) is 0 Å². The summed E-state index contributed by atoms with van der Waals surface area (Å²) in [6.07, 6.45) is 3.63. The molecule has 3 heteroatoms. The van der Waals surface area contributed by atoms with Crippen molar-refractivity contribution in [3.8, 4) is 5.75 Å². The highest BCUT2D eigenvalue weighted by atomic mass is 16.5. The molecule has 0 amide bonds. The maximum absolute atomic E-state index is 5.95. The topological polar surface area (TPSA) is 30.5 Å². The molecule has 0 fully saturated rings. The number of hydrogen-bond donors (Lipinski definition) is 1. The molecule has 0 aromatic heterocycles. The zero-order chi connectivity index (χ0) is 15.5. The lowest BCUT2D eigenvalue weighted by Crippen LogP contribution is -2.27. The average molecular weight is 293 g/mol. The second-order valence-corrected chi connectivity index (χ2v) is 5.46. The van der Waals surface area contributed by atoms with E-state index in [1.807, 2.05) is 12.1 Å². The van der Waals surface area contributed by atoms with Crippen LogP contribution in [0, 0.1) is 0 Å². The van der Waals surface area contributed by atoms with Gasteiger partial charge in [0.15, 0.2) is 0 Å². The third kappa shape index (κ3) is 6.96. The van der Waals surface area contributed by atoms with Crippen molar-refractivity contribution < 1.29 is 9.47 Å². The molecule has 120 valence electrons. The van der Waals surface area contributed by atoms with Crippen molar-refractivity contribution >= 4 is 0 Å². The van der Waals surface area contributed by atoms with Crippen LogP contribution >= 0.6 is 0 Å². The standard InChI is InChI=1S/C18H31NO2/c1-5-8-15(4)21-14-18(19-7-3)16-9-11-17(12-10-16)20-13-6-2/h9-12,15,18-19H,5-8,13-14H2,1-4H3. The largest absolute Gasteiger partial charge is 0.494 e. The highest BCUT2D eigenvalue weighted by Gasteiger charge is 2.12. The van der Waals surface area contributed by atoms with Crippen LogP contribution in [0.3, 0.4) is 0 Å². The third-order valence-corrected chi connectivity index (χ3v) is 3.45. The number of nitrogens with one attached hydrogen (secondary N) is 1. The molecule has 2 atom stereocenters. The lowest BCUT2D eigenvalue weighted by atomic mass is 10.1. The van der Waals surface area contributed by atoms with Gasteiger partial charge in [-0.15, -0.1) is 0 Å². The van der Waals surface area contributed by atoms with Gasteiger partial charge >= 0.3 is 0 Å². The maximum atomic E-state index is 5.95. The Bertz CT molecular complexity index is 364. The lowest BCUT2D eigenvalue weighted by molar-refractivity contribution is 0.0442. The van der Waals surface area contributed by atoms with E-state index in [1.165, 1.54) is 5.56 Å². The number of likely N-dealkylation sites (N-methyl/N-ethyl adjacent to an activating group) is 1. The second-order valence-electron chi connectivity index (χ2n) is 5.46. The summed E-state index contributed by atoms with van der Waals surface area (Å²) in [5.41, 5.74) is 1.25. The van der Waals surface area contributed by atoms with Crippen molar-refractivity contribution in [1.82, 2.24) is 5.32 Å². The molecular weight excluding hydrogens is 262 g/mol. The number of benzene rings is 1. The Morgan fingerprint density at radius 1 is 1.05 bits per heavy atom. The first kappa shape index (κ1) is 18.0. The van der Waals surface area contributed by atoms with Crippen LogP contribution in [0.5, 0.6) is 5.75 Å². The summed E-state index contributed by atoms with van der Waals surface area (Å²) in [7, 11) is 0. The zero-order valence-corrected chi connectivity index (χ0v) is 14.0. The third-order valence-electron chi connectivity index (χ3n) is 3.45. The molecule has 3 nitrogen and oxygen atoms in total. The minimum Gasteiger partial charge on any atom is -0.494 e. The summed E-state index contributed by atoms with van der Waals surface area (Å²) in [5.74, 6) is 0.941. The SMILES string of the molecule is CCCOc1ccc(C(COC(C)CCC)NCC)cc1. The Labute approximate surface area is 130 Å². The highest BCUT2D eigenvalue weighted by molar-refractivity contribution is 5.29. The lowest BCUT2D eigenvalue weighted by Gasteiger charge is -2.21. The van der Waals surface area contributed by atoms with E-state index in [0.717, 1.165) is 38.2 Å². The van der Waals surface area contributed by atoms with Gasteiger partial charge in [-0.25, -0.2) is 0 Å². The van der Waals surface area contributed by atoms with Crippen LogP contribution in [0.4, 0.5) is 0 Å². The van der Waals surface area contributed by atoms with E-state index in [9.17, 15) is 0 Å². The quantitative estimate of drug-likeness (QED) is 0.658. The van der Waals surface area contributed by atoms with Gasteiger partial charge in [-0.1, -0.05) is 39.3 Å². The zero-order valence-electron chi connectivity index (χ0n) is 14.0. The highest BCUT2D eigenvalue weighted by Crippen LogP contribution is 2.19. The van der Waals surface area contributed by atoms with Gasteiger partial charge in [0, 0.05) is 0 Å². The monoisotopic (exact) mass is 293 g/mol. The maximum Gasteiger partial charge on any atom is 0.119 e. The molecule has 1 N–H and O–H groups in total. The van der Waals surface area contributed by atoms with E-state index in [0.29, 0.717) is 12.7 Å². The molecule has 0 bridgehead atoms. The number of rotatable bonds is 11. The average Bonchev–Trinajstić information content (AvgIpc) is 2.50. The van der Waals surface area contributed by atoms with Gasteiger partial charge in [0.25, 0.3) is 0 Å². The Morgan fingerprint density at radius 2 is 1.76 bits per heavy atom. The van der Waals surface area contributed by atoms with E-state index in [1.54, 1.807) is 0 Å². The summed E-state index contributed by atoms with van der Waals surface area (Å²) >= 11 is 0. The molecule has 0 aliphatic carbocycles. The van der Waals surface area contributed by atoms with E-state index in [2.05, 4.69) is 45.1 Å². The number of hydrogen-bond acceptors (Lipinski definition) is 3. The van der Waals surface area contributed by atoms with Crippen molar-refractivity contribution in [2.75, 3.05) is 19.8 Å². The van der Waals surface area contributed by atoms with Crippen LogP contribution in [-0.2, 0) is 4.74 Å². The van der Waals surface area contributed by atoms with Gasteiger partial charge in [-0.05, 0) is 44.0 Å². The summed E-state index contributed by atoms with van der Waals surface area (Å²) in [5, 5.41) is 3.49. The first-order valence-corrected chi connectivity index (χ1v) is 8.28. The fourth-order valence-electron chi connectivity index (χ4n) is 2.29. The van der Waals surface area contributed by atoms with Gasteiger partial charge in [0.05, 0.1) is 25.4 Å². The molecule has 0 saturated heterocycles. The van der Waals surface area contributed by atoms with Crippen molar-refractivity contribution in [2.45, 2.75) is 59.1 Å². The van der Waals surface area contributed by atoms with Crippen LogP contribution in [0.15, 0.2) is 24.3 Å². The van der Waals surface area contributed by atoms with E-state index < -0.39 is 0 Å². The molecule has 0 spiro atoms. The molecule has 0 aliphatic heterocycles. The van der Waals surface area contributed by atoms with Crippen LogP contribution in [0.2, 0.25) is 0 Å². The van der Waals surface area contributed by atoms with Gasteiger partial charge in [-0.3, -0.25) is 0 Å². The molecule has 0 aliphatic rings. The Hall–Kier alpha value is -1.06. The van der Waals surface area contributed by atoms with E-state index >= 15 is 0 Å². The van der Waals surface area contributed by atoms with Crippen LogP contribution < -0.4 is 10.1 Å². The molecule has 1 aromatic carbocycles. The normalized spacial score (nSPS) is 13.9. The molecule has 0 radical (unpaired) electrons. The summed E-state index contributed by atoms with van der Waals surface area (Å²) in [4.78, 5) is 0. The fourth-order valence-corrected chi connectivity index (χ4v) is 2.29. The summed E-state index contributed by atoms with van der Waals surface area (Å²) in [6.45, 7) is 11.0. The van der Waals surface area contributed by atoms with Gasteiger partial charge in [0.1, 0.15) is 5.75 Å². The number of ether oxygens (including phenoxy) is 2. The van der Waals surface area contributed by atoms with Crippen LogP contribution in [0.25, 0.3) is 0 Å². The molecular formula is C18H31NO2. The van der Waals surface area contributed by atoms with E-state index in [4.69, 9.17) is 9.47 Å². The minimum atomic E-state index is 0.245. The van der Waals surface area contributed by atoms with Crippen molar-refractivity contribution in [1.29, 1.82) is 0 Å². The molecule has 2 unspecified atom stereocenters. The van der Waals surface area contributed by atoms with Crippen LogP contribution in [0.1, 0.15) is 58.6 Å². The molecule has 1 aromatic rings. The predicted molar refractivity (Wildman–Crippen MR) is 89.0 cm³/mol. The van der Waals surface area contributed by atoms with Gasteiger partial charge in [-0.2, -0.15) is 0 Å². The molecule has 0 heterocycles. The van der Waals surface area contributed by atoms with Crippen molar-refractivity contribution in [2.24, 2.45) is 0 Å². The predicted octanol–water partition coefficient (Wildman–Crippen LogP) is 4.33. The summed E-state index contributed by atoms with van der Waals surface area (Å²) < 4.78 is 11.6. The molecule has 21 heavy (non-hydrogen) atoms. The first-order chi connectivity index (χ1) is 10.2. The molecule has 0 saturated carbocycles. The van der Waals surface area contributed by atoms with Crippen molar-refractivity contribution in [3.05, 3.63) is 29.8 Å². The van der Waals surface area contributed by atoms with E-state index in [-0.39, 0.29) is 6.04 Å². The van der Waals surface area contributed by atoms with Crippen LogP contribution in [-0.4, -0.2) is 25.9 Å². The molecule has 1 rings (SSSR count).